The van der Waals surface area contributed by atoms with Gasteiger partial charge in [0.2, 0.25) is 0 Å². The summed E-state index contributed by atoms with van der Waals surface area (Å²) >= 11 is 6.18. The summed E-state index contributed by atoms with van der Waals surface area (Å²) in [6, 6.07) is 31.8. The lowest BCUT2D eigenvalue weighted by atomic mass is 10.0. The standard InChI is InChI=1S/C30H22ClN3O3/c1-20-10-16-26(17-11-20)34-29(24-8-5-9-25(31)18-24)32-28(33-34)30(36)37-19-27(35)23-14-12-22(13-15-23)21-6-3-2-4-7-21/h2-18H,19H2,1H3. The van der Waals surface area contributed by atoms with E-state index in [9.17, 15) is 9.59 Å². The van der Waals surface area contributed by atoms with Gasteiger partial charge in [0.25, 0.3) is 5.82 Å². The number of aromatic nitrogens is 3. The summed E-state index contributed by atoms with van der Waals surface area (Å²) in [7, 11) is 0. The van der Waals surface area contributed by atoms with Crippen molar-refractivity contribution in [2.75, 3.05) is 6.61 Å². The van der Waals surface area contributed by atoms with Crippen LogP contribution < -0.4 is 0 Å². The van der Waals surface area contributed by atoms with Crippen LogP contribution in [-0.4, -0.2) is 33.1 Å². The van der Waals surface area contributed by atoms with Crippen molar-refractivity contribution in [3.05, 3.63) is 125 Å². The van der Waals surface area contributed by atoms with Gasteiger partial charge in [0.15, 0.2) is 18.2 Å². The quantitative estimate of drug-likeness (QED) is 0.183. The third-order valence-electron chi connectivity index (χ3n) is 5.80. The molecule has 7 heteroatoms. The summed E-state index contributed by atoms with van der Waals surface area (Å²) < 4.78 is 6.85. The second kappa shape index (κ2) is 10.6. The number of hydrogen-bond donors (Lipinski definition) is 0. The van der Waals surface area contributed by atoms with Gasteiger partial charge in [0.1, 0.15) is 0 Å². The average molecular weight is 508 g/mol. The third-order valence-corrected chi connectivity index (χ3v) is 6.03. The van der Waals surface area contributed by atoms with Crippen LogP contribution in [0.3, 0.4) is 0 Å². The number of nitrogens with zero attached hydrogens (tertiary/aromatic N) is 3. The first-order valence-electron chi connectivity index (χ1n) is 11.6. The zero-order valence-electron chi connectivity index (χ0n) is 20.0. The first-order valence-corrected chi connectivity index (χ1v) is 12.0. The fourth-order valence-electron chi connectivity index (χ4n) is 3.84. The molecular formula is C30H22ClN3O3. The van der Waals surface area contributed by atoms with Gasteiger partial charge in [0.05, 0.1) is 5.69 Å². The van der Waals surface area contributed by atoms with Crippen molar-refractivity contribution in [1.29, 1.82) is 0 Å². The first-order chi connectivity index (χ1) is 18.0. The molecule has 1 heterocycles. The van der Waals surface area contributed by atoms with Crippen LogP contribution in [-0.2, 0) is 4.74 Å². The summed E-state index contributed by atoms with van der Waals surface area (Å²) in [5.74, 6) is -0.826. The Balaban J connectivity index is 1.34. The highest BCUT2D eigenvalue weighted by Crippen LogP contribution is 2.25. The van der Waals surface area contributed by atoms with Crippen LogP contribution in [0, 0.1) is 6.92 Å². The molecule has 0 atom stereocenters. The Morgan fingerprint density at radius 2 is 1.49 bits per heavy atom. The fraction of sp³-hybridized carbons (Fsp3) is 0.0667. The van der Waals surface area contributed by atoms with E-state index in [0.717, 1.165) is 22.4 Å². The molecule has 0 aliphatic heterocycles. The second-order valence-corrected chi connectivity index (χ2v) is 8.90. The SMILES string of the molecule is Cc1ccc(-n2nc(C(=O)OCC(=O)c3ccc(-c4ccccc4)cc3)nc2-c2cccc(Cl)c2)cc1. The summed E-state index contributed by atoms with van der Waals surface area (Å²) in [5.41, 5.74) is 5.00. The van der Waals surface area contributed by atoms with Gasteiger partial charge in [-0.25, -0.2) is 14.5 Å². The molecule has 0 N–H and O–H groups in total. The van der Waals surface area contributed by atoms with E-state index in [1.807, 2.05) is 79.7 Å². The zero-order chi connectivity index (χ0) is 25.8. The van der Waals surface area contributed by atoms with E-state index in [1.54, 1.807) is 35.0 Å². The Morgan fingerprint density at radius 3 is 2.19 bits per heavy atom. The van der Waals surface area contributed by atoms with Gasteiger partial charge in [-0.15, -0.1) is 5.10 Å². The van der Waals surface area contributed by atoms with E-state index in [1.165, 1.54) is 0 Å². The lowest BCUT2D eigenvalue weighted by molar-refractivity contribution is 0.0462. The van der Waals surface area contributed by atoms with Crippen LogP contribution in [0.2, 0.25) is 5.02 Å². The minimum absolute atomic E-state index is 0.150. The monoisotopic (exact) mass is 507 g/mol. The number of aryl methyl sites for hydroxylation is 1. The number of benzene rings is 4. The number of halogens is 1. The molecule has 0 fully saturated rings. The number of carbonyl (C=O) groups is 2. The van der Waals surface area contributed by atoms with E-state index in [2.05, 4.69) is 10.1 Å². The molecule has 37 heavy (non-hydrogen) atoms. The second-order valence-electron chi connectivity index (χ2n) is 8.46. The molecule has 182 valence electrons. The van der Waals surface area contributed by atoms with Gasteiger partial charge in [-0.05, 0) is 42.3 Å². The van der Waals surface area contributed by atoms with Gasteiger partial charge in [-0.3, -0.25) is 4.79 Å². The normalized spacial score (nSPS) is 10.8. The Morgan fingerprint density at radius 1 is 0.811 bits per heavy atom. The molecule has 0 bridgehead atoms. The Kier molecular flexibility index (Phi) is 6.92. The zero-order valence-corrected chi connectivity index (χ0v) is 20.7. The molecule has 0 spiro atoms. The maximum absolute atomic E-state index is 12.8. The van der Waals surface area contributed by atoms with E-state index >= 15 is 0 Å². The molecule has 1 aromatic heterocycles. The van der Waals surface area contributed by atoms with Crippen LogP contribution in [0.25, 0.3) is 28.2 Å². The average Bonchev–Trinajstić information content (AvgIpc) is 3.38. The van der Waals surface area contributed by atoms with Gasteiger partial charge in [0, 0.05) is 16.1 Å². The molecule has 0 amide bonds. The maximum atomic E-state index is 12.8. The summed E-state index contributed by atoms with van der Waals surface area (Å²) in [6.45, 7) is 1.56. The lowest BCUT2D eigenvalue weighted by Crippen LogP contribution is -2.15. The van der Waals surface area contributed by atoms with Crippen molar-refractivity contribution in [3.63, 3.8) is 0 Å². The summed E-state index contributed by atoms with van der Waals surface area (Å²) in [5, 5.41) is 4.92. The molecule has 0 aliphatic carbocycles. The topological polar surface area (TPSA) is 74.1 Å². The highest BCUT2D eigenvalue weighted by atomic mass is 35.5. The molecular weight excluding hydrogens is 486 g/mol. The van der Waals surface area contributed by atoms with Gasteiger partial charge >= 0.3 is 5.97 Å². The number of carbonyl (C=O) groups excluding carboxylic acids is 2. The van der Waals surface area contributed by atoms with Gasteiger partial charge in [-0.1, -0.05) is 96.0 Å². The van der Waals surface area contributed by atoms with Crippen molar-refractivity contribution in [2.24, 2.45) is 0 Å². The number of hydrogen-bond acceptors (Lipinski definition) is 5. The Labute approximate surface area is 219 Å². The highest BCUT2D eigenvalue weighted by Gasteiger charge is 2.21. The molecule has 0 saturated carbocycles. The molecule has 0 radical (unpaired) electrons. The summed E-state index contributed by atoms with van der Waals surface area (Å²) in [4.78, 5) is 29.9. The van der Waals surface area contributed by atoms with Crippen LogP contribution in [0.5, 0.6) is 0 Å². The minimum Gasteiger partial charge on any atom is -0.451 e. The predicted molar refractivity (Wildman–Crippen MR) is 143 cm³/mol. The largest absolute Gasteiger partial charge is 0.451 e. The van der Waals surface area contributed by atoms with E-state index in [0.29, 0.717) is 22.0 Å². The predicted octanol–water partition coefficient (Wildman–Crippen LogP) is 6.60. The Hall–Kier alpha value is -4.55. The molecule has 5 rings (SSSR count). The molecule has 5 aromatic rings. The number of Topliss-reactive ketones (excluding diaryl/α,β-unsaturated/α-hetero) is 1. The molecule has 4 aromatic carbocycles. The maximum Gasteiger partial charge on any atom is 0.378 e. The molecule has 0 unspecified atom stereocenters. The lowest BCUT2D eigenvalue weighted by Gasteiger charge is -2.06. The van der Waals surface area contributed by atoms with Crippen molar-refractivity contribution < 1.29 is 14.3 Å². The van der Waals surface area contributed by atoms with Crippen molar-refractivity contribution in [3.8, 4) is 28.2 Å². The number of esters is 1. The van der Waals surface area contributed by atoms with Crippen LogP contribution in [0.15, 0.2) is 103 Å². The number of ketones is 1. The molecule has 0 aliphatic rings. The van der Waals surface area contributed by atoms with Gasteiger partial charge in [-0.2, -0.15) is 0 Å². The molecule has 6 nitrogen and oxygen atoms in total. The number of ether oxygens (including phenoxy) is 1. The van der Waals surface area contributed by atoms with Crippen molar-refractivity contribution in [1.82, 2.24) is 14.8 Å². The van der Waals surface area contributed by atoms with E-state index in [-0.39, 0.29) is 11.6 Å². The van der Waals surface area contributed by atoms with Crippen LogP contribution >= 0.6 is 11.6 Å². The van der Waals surface area contributed by atoms with E-state index in [4.69, 9.17) is 16.3 Å². The minimum atomic E-state index is -0.789. The van der Waals surface area contributed by atoms with E-state index < -0.39 is 12.6 Å². The molecule has 0 saturated heterocycles. The number of rotatable bonds is 7. The van der Waals surface area contributed by atoms with Crippen molar-refractivity contribution in [2.45, 2.75) is 6.92 Å². The summed E-state index contributed by atoms with van der Waals surface area (Å²) in [6.07, 6.45) is 0. The third kappa shape index (κ3) is 5.50. The Bertz CT molecular complexity index is 1560. The fourth-order valence-corrected chi connectivity index (χ4v) is 4.03. The highest BCUT2D eigenvalue weighted by molar-refractivity contribution is 6.30. The smallest absolute Gasteiger partial charge is 0.378 e. The first kappa shape index (κ1) is 24.2. The van der Waals surface area contributed by atoms with Crippen LogP contribution in [0.4, 0.5) is 0 Å². The van der Waals surface area contributed by atoms with Gasteiger partial charge < -0.3 is 4.74 Å². The van der Waals surface area contributed by atoms with Crippen molar-refractivity contribution >= 4 is 23.4 Å². The van der Waals surface area contributed by atoms with Crippen LogP contribution in [0.1, 0.15) is 26.5 Å².